The number of nitrogens with one attached hydrogen (secondary N) is 1. The maximum Gasteiger partial charge on any atom is 0.317 e. The molecule has 1 fully saturated rings. The molecule has 1 unspecified atom stereocenters. The SMILES string of the molecule is COC(OC)C(C)NC(=O)N1CCCCC1. The lowest BCUT2D eigenvalue weighted by atomic mass is 10.1. The van der Waals surface area contributed by atoms with E-state index in [1.165, 1.54) is 6.42 Å². The maximum atomic E-state index is 11.8. The van der Waals surface area contributed by atoms with Crippen molar-refractivity contribution in [3.8, 4) is 0 Å². The normalized spacial score (nSPS) is 18.6. The van der Waals surface area contributed by atoms with Crippen LogP contribution < -0.4 is 5.32 Å². The molecule has 1 aliphatic heterocycles. The molecule has 0 bridgehead atoms. The van der Waals surface area contributed by atoms with E-state index in [2.05, 4.69) is 5.32 Å². The molecule has 94 valence electrons. The van der Waals surface area contributed by atoms with Crippen LogP contribution in [0.1, 0.15) is 26.2 Å². The van der Waals surface area contributed by atoms with Gasteiger partial charge in [-0.2, -0.15) is 0 Å². The van der Waals surface area contributed by atoms with Gasteiger partial charge in [0.1, 0.15) is 0 Å². The summed E-state index contributed by atoms with van der Waals surface area (Å²) >= 11 is 0. The summed E-state index contributed by atoms with van der Waals surface area (Å²) in [6.45, 7) is 3.58. The number of carbonyl (C=O) groups is 1. The largest absolute Gasteiger partial charge is 0.354 e. The molecule has 16 heavy (non-hydrogen) atoms. The van der Waals surface area contributed by atoms with Crippen LogP contribution in [0.2, 0.25) is 0 Å². The van der Waals surface area contributed by atoms with E-state index < -0.39 is 6.29 Å². The van der Waals surface area contributed by atoms with Gasteiger partial charge in [-0.25, -0.2) is 4.79 Å². The Balaban J connectivity index is 2.37. The van der Waals surface area contributed by atoms with Gasteiger partial charge >= 0.3 is 6.03 Å². The quantitative estimate of drug-likeness (QED) is 0.738. The Hall–Kier alpha value is -0.810. The molecule has 0 saturated carbocycles. The van der Waals surface area contributed by atoms with Gasteiger partial charge in [-0.05, 0) is 26.2 Å². The van der Waals surface area contributed by atoms with Crippen LogP contribution in [-0.4, -0.2) is 50.6 Å². The lowest BCUT2D eigenvalue weighted by Crippen LogP contribution is -2.50. The monoisotopic (exact) mass is 230 g/mol. The molecule has 0 spiro atoms. The predicted molar refractivity (Wildman–Crippen MR) is 61.2 cm³/mol. The van der Waals surface area contributed by atoms with E-state index in [9.17, 15) is 4.79 Å². The molecule has 0 aromatic heterocycles. The molecule has 2 amide bonds. The molecule has 5 heteroatoms. The summed E-state index contributed by atoms with van der Waals surface area (Å²) in [6.07, 6.45) is 3.02. The minimum atomic E-state index is -0.395. The highest BCUT2D eigenvalue weighted by Gasteiger charge is 2.22. The number of nitrogens with zero attached hydrogens (tertiary/aromatic N) is 1. The molecule has 1 N–H and O–H groups in total. The third-order valence-electron chi connectivity index (χ3n) is 2.87. The van der Waals surface area contributed by atoms with Gasteiger partial charge < -0.3 is 19.7 Å². The fraction of sp³-hybridized carbons (Fsp3) is 0.909. The van der Waals surface area contributed by atoms with Gasteiger partial charge in [-0.15, -0.1) is 0 Å². The van der Waals surface area contributed by atoms with Crippen molar-refractivity contribution in [3.05, 3.63) is 0 Å². The van der Waals surface area contributed by atoms with Gasteiger partial charge in [0.2, 0.25) is 0 Å². The molecule has 1 aliphatic rings. The molecule has 1 atom stereocenters. The third kappa shape index (κ3) is 3.64. The summed E-state index contributed by atoms with van der Waals surface area (Å²) < 4.78 is 10.2. The lowest BCUT2D eigenvalue weighted by Gasteiger charge is -2.30. The first-order valence-corrected chi connectivity index (χ1v) is 5.80. The standard InChI is InChI=1S/C11H22N2O3/c1-9(10(15-2)16-3)12-11(14)13-7-5-4-6-8-13/h9-10H,4-8H2,1-3H3,(H,12,14). The molecule has 0 aliphatic carbocycles. The van der Waals surface area contributed by atoms with Crippen molar-refractivity contribution in [2.75, 3.05) is 27.3 Å². The number of amides is 2. The van der Waals surface area contributed by atoms with Crippen LogP contribution in [0.4, 0.5) is 4.79 Å². The Kier molecular flexibility index (Phi) is 5.55. The van der Waals surface area contributed by atoms with E-state index in [0.717, 1.165) is 25.9 Å². The molecule has 0 radical (unpaired) electrons. The molecular formula is C11H22N2O3. The minimum absolute atomic E-state index is 0.0219. The Bertz CT molecular complexity index is 213. The molecule has 1 heterocycles. The Morgan fingerprint density at radius 3 is 2.25 bits per heavy atom. The Morgan fingerprint density at radius 2 is 1.75 bits per heavy atom. The lowest BCUT2D eigenvalue weighted by molar-refractivity contribution is -0.117. The molecule has 0 aromatic carbocycles. The number of piperidine rings is 1. The number of urea groups is 1. The second kappa shape index (κ2) is 6.70. The van der Waals surface area contributed by atoms with Crippen LogP contribution in [0.15, 0.2) is 0 Å². The molecule has 0 aromatic rings. The number of hydrogen-bond acceptors (Lipinski definition) is 3. The Labute approximate surface area is 97.1 Å². The van der Waals surface area contributed by atoms with Gasteiger partial charge in [0.25, 0.3) is 0 Å². The summed E-state index contributed by atoms with van der Waals surface area (Å²) in [5.41, 5.74) is 0. The zero-order valence-electron chi connectivity index (χ0n) is 10.4. The first-order valence-electron chi connectivity index (χ1n) is 5.80. The summed E-state index contributed by atoms with van der Waals surface area (Å²) in [5.74, 6) is 0. The highest BCUT2D eigenvalue weighted by atomic mass is 16.7. The van der Waals surface area contributed by atoms with Gasteiger partial charge in [0, 0.05) is 27.3 Å². The van der Waals surface area contributed by atoms with Crippen LogP contribution in [0.5, 0.6) is 0 Å². The first kappa shape index (κ1) is 13.3. The maximum absolute atomic E-state index is 11.8. The number of methoxy groups -OCH3 is 2. The fourth-order valence-corrected chi connectivity index (χ4v) is 1.96. The number of ether oxygens (including phenoxy) is 2. The number of carbonyl (C=O) groups excluding carboxylic acids is 1. The number of hydrogen-bond donors (Lipinski definition) is 1. The van der Waals surface area contributed by atoms with Crippen molar-refractivity contribution in [1.82, 2.24) is 10.2 Å². The van der Waals surface area contributed by atoms with E-state index in [0.29, 0.717) is 0 Å². The van der Waals surface area contributed by atoms with Crippen LogP contribution in [0, 0.1) is 0 Å². The van der Waals surface area contributed by atoms with Crippen LogP contribution in [-0.2, 0) is 9.47 Å². The summed E-state index contributed by atoms with van der Waals surface area (Å²) in [6, 6.07) is -0.171. The van der Waals surface area contributed by atoms with Crippen molar-refractivity contribution in [2.45, 2.75) is 38.5 Å². The van der Waals surface area contributed by atoms with E-state index in [1.54, 1.807) is 14.2 Å². The van der Waals surface area contributed by atoms with Gasteiger partial charge in [0.15, 0.2) is 6.29 Å². The average Bonchev–Trinajstić information content (AvgIpc) is 2.31. The van der Waals surface area contributed by atoms with Crippen LogP contribution in [0.3, 0.4) is 0 Å². The fourth-order valence-electron chi connectivity index (χ4n) is 1.96. The minimum Gasteiger partial charge on any atom is -0.354 e. The van der Waals surface area contributed by atoms with Crippen LogP contribution >= 0.6 is 0 Å². The first-order chi connectivity index (χ1) is 7.69. The van der Waals surface area contributed by atoms with Crippen molar-refractivity contribution in [3.63, 3.8) is 0 Å². The second-order valence-corrected chi connectivity index (χ2v) is 4.13. The highest BCUT2D eigenvalue weighted by molar-refractivity contribution is 5.74. The zero-order chi connectivity index (χ0) is 12.0. The van der Waals surface area contributed by atoms with Crippen molar-refractivity contribution >= 4 is 6.03 Å². The number of likely N-dealkylation sites (tertiary alicyclic amines) is 1. The summed E-state index contributed by atoms with van der Waals surface area (Å²) in [4.78, 5) is 13.7. The molecular weight excluding hydrogens is 208 g/mol. The Morgan fingerprint density at radius 1 is 1.19 bits per heavy atom. The highest BCUT2D eigenvalue weighted by Crippen LogP contribution is 2.09. The predicted octanol–water partition coefficient (Wildman–Crippen LogP) is 1.19. The van der Waals surface area contributed by atoms with E-state index in [-0.39, 0.29) is 12.1 Å². The molecule has 5 nitrogen and oxygen atoms in total. The van der Waals surface area contributed by atoms with Gasteiger partial charge in [-0.3, -0.25) is 0 Å². The van der Waals surface area contributed by atoms with E-state index >= 15 is 0 Å². The molecule has 1 saturated heterocycles. The van der Waals surface area contributed by atoms with E-state index in [1.807, 2.05) is 11.8 Å². The third-order valence-corrected chi connectivity index (χ3v) is 2.87. The van der Waals surface area contributed by atoms with E-state index in [4.69, 9.17) is 9.47 Å². The van der Waals surface area contributed by atoms with Crippen molar-refractivity contribution < 1.29 is 14.3 Å². The van der Waals surface area contributed by atoms with Crippen molar-refractivity contribution in [1.29, 1.82) is 0 Å². The van der Waals surface area contributed by atoms with Gasteiger partial charge in [-0.1, -0.05) is 0 Å². The summed E-state index contributed by atoms with van der Waals surface area (Å²) in [7, 11) is 3.13. The zero-order valence-corrected chi connectivity index (χ0v) is 10.4. The summed E-state index contributed by atoms with van der Waals surface area (Å²) in [5, 5.41) is 2.89. The second-order valence-electron chi connectivity index (χ2n) is 4.13. The topological polar surface area (TPSA) is 50.8 Å². The average molecular weight is 230 g/mol. The number of rotatable bonds is 4. The molecule has 1 rings (SSSR count). The van der Waals surface area contributed by atoms with Crippen LogP contribution in [0.25, 0.3) is 0 Å². The van der Waals surface area contributed by atoms with Gasteiger partial charge in [0.05, 0.1) is 6.04 Å². The van der Waals surface area contributed by atoms with Crippen molar-refractivity contribution in [2.24, 2.45) is 0 Å². The smallest absolute Gasteiger partial charge is 0.317 e.